The van der Waals surface area contributed by atoms with Gasteiger partial charge in [-0.1, -0.05) is 6.58 Å². The van der Waals surface area contributed by atoms with Crippen LogP contribution in [0.5, 0.6) is 0 Å². The van der Waals surface area contributed by atoms with Crippen LogP contribution >= 0.6 is 0 Å². The Hall–Kier alpha value is -1.36. The van der Waals surface area contributed by atoms with Gasteiger partial charge in [0.2, 0.25) is 11.8 Å². The van der Waals surface area contributed by atoms with Gasteiger partial charge in [0.05, 0.1) is 6.42 Å². The van der Waals surface area contributed by atoms with E-state index in [0.717, 1.165) is 0 Å². The highest BCUT2D eigenvalue weighted by atomic mass is 16.3. The molecular weight excluding hydrogens is 160 g/mol. The molecule has 0 aliphatic heterocycles. The lowest BCUT2D eigenvalue weighted by Crippen LogP contribution is -2.33. The van der Waals surface area contributed by atoms with E-state index < -0.39 is 18.0 Å². The molecule has 0 bridgehead atoms. The smallest absolute Gasteiger partial charge is 0.244 e. The predicted molar refractivity (Wildman–Crippen MR) is 42.8 cm³/mol. The minimum atomic E-state index is -0.932. The highest BCUT2D eigenvalue weighted by Gasteiger charge is 2.09. The summed E-state index contributed by atoms with van der Waals surface area (Å²) in [5.41, 5.74) is 4.86. The molecule has 5 heteroatoms. The Balaban J connectivity index is 3.85. The van der Waals surface area contributed by atoms with Crippen LogP contribution in [0, 0.1) is 0 Å². The summed E-state index contributed by atoms with van der Waals surface area (Å²) in [6, 6.07) is 0. The highest BCUT2D eigenvalue weighted by Crippen LogP contribution is 1.95. The average molecular weight is 172 g/mol. The van der Waals surface area contributed by atoms with E-state index in [-0.39, 0.29) is 12.0 Å². The minimum Gasteiger partial charge on any atom is -0.374 e. The van der Waals surface area contributed by atoms with Gasteiger partial charge in [0, 0.05) is 5.57 Å². The Morgan fingerprint density at radius 1 is 1.67 bits per heavy atom. The van der Waals surface area contributed by atoms with E-state index in [1.54, 1.807) is 0 Å². The summed E-state index contributed by atoms with van der Waals surface area (Å²) in [5.74, 6) is -1.19. The van der Waals surface area contributed by atoms with E-state index in [2.05, 4.69) is 11.9 Å². The van der Waals surface area contributed by atoms with Gasteiger partial charge in [0.1, 0.15) is 6.23 Å². The maximum Gasteiger partial charge on any atom is 0.244 e. The number of amides is 2. The molecule has 1 unspecified atom stereocenters. The van der Waals surface area contributed by atoms with Crippen molar-refractivity contribution in [3.63, 3.8) is 0 Å². The van der Waals surface area contributed by atoms with Crippen molar-refractivity contribution in [2.24, 2.45) is 5.73 Å². The number of aliphatic hydroxyl groups is 1. The van der Waals surface area contributed by atoms with Gasteiger partial charge < -0.3 is 16.2 Å². The standard InChI is InChI=1S/C7H12N2O3/c1-4(7(8)12)3-6(11)9-5(2)10/h5,10H,1,3H2,2H3,(H2,8,12)(H,9,11). The summed E-state index contributed by atoms with van der Waals surface area (Å²) in [6.07, 6.45) is -1.11. The first-order valence-electron chi connectivity index (χ1n) is 3.38. The van der Waals surface area contributed by atoms with Crippen LogP contribution in [0.2, 0.25) is 0 Å². The highest BCUT2D eigenvalue weighted by molar-refractivity contribution is 5.96. The van der Waals surface area contributed by atoms with Crippen molar-refractivity contribution in [3.8, 4) is 0 Å². The van der Waals surface area contributed by atoms with Gasteiger partial charge in [0.25, 0.3) is 0 Å². The molecule has 0 spiro atoms. The Kier molecular flexibility index (Phi) is 3.99. The van der Waals surface area contributed by atoms with Crippen molar-refractivity contribution in [2.75, 3.05) is 0 Å². The quantitative estimate of drug-likeness (QED) is 0.370. The number of nitrogens with one attached hydrogen (secondary N) is 1. The number of nitrogens with two attached hydrogens (primary N) is 1. The third kappa shape index (κ3) is 4.45. The van der Waals surface area contributed by atoms with Gasteiger partial charge in [-0.3, -0.25) is 9.59 Å². The number of carbonyl (C=O) groups is 2. The van der Waals surface area contributed by atoms with Gasteiger partial charge in [0.15, 0.2) is 0 Å². The SMILES string of the molecule is C=C(CC(=O)NC(C)O)C(N)=O. The molecular formula is C7H12N2O3. The summed E-state index contributed by atoms with van der Waals surface area (Å²) >= 11 is 0. The van der Waals surface area contributed by atoms with Crippen molar-refractivity contribution in [3.05, 3.63) is 12.2 Å². The number of carbonyl (C=O) groups excluding carboxylic acids is 2. The monoisotopic (exact) mass is 172 g/mol. The first-order valence-corrected chi connectivity index (χ1v) is 3.38. The number of hydrogen-bond acceptors (Lipinski definition) is 3. The molecule has 0 aliphatic rings. The van der Waals surface area contributed by atoms with Crippen molar-refractivity contribution in [1.82, 2.24) is 5.32 Å². The van der Waals surface area contributed by atoms with E-state index >= 15 is 0 Å². The van der Waals surface area contributed by atoms with Gasteiger partial charge in [-0.2, -0.15) is 0 Å². The zero-order valence-corrected chi connectivity index (χ0v) is 6.83. The van der Waals surface area contributed by atoms with Crippen LogP contribution in [0.25, 0.3) is 0 Å². The third-order valence-corrected chi connectivity index (χ3v) is 1.09. The number of primary amides is 1. The van der Waals surface area contributed by atoms with E-state index in [1.165, 1.54) is 6.92 Å². The Bertz CT molecular complexity index is 211. The molecule has 0 aromatic rings. The minimum absolute atomic E-state index is 0.0214. The molecule has 12 heavy (non-hydrogen) atoms. The fraction of sp³-hybridized carbons (Fsp3) is 0.429. The summed E-state index contributed by atoms with van der Waals surface area (Å²) in [5, 5.41) is 10.9. The first-order chi connectivity index (χ1) is 5.43. The first kappa shape index (κ1) is 10.6. The molecule has 5 nitrogen and oxygen atoms in total. The van der Waals surface area contributed by atoms with Crippen LogP contribution in [0.3, 0.4) is 0 Å². The maximum atomic E-state index is 10.8. The van der Waals surface area contributed by atoms with E-state index in [0.29, 0.717) is 0 Å². The molecule has 2 amide bonds. The molecule has 1 atom stereocenters. The topological polar surface area (TPSA) is 92.4 Å². The van der Waals surface area contributed by atoms with E-state index in [9.17, 15) is 9.59 Å². The lowest BCUT2D eigenvalue weighted by atomic mass is 10.2. The molecule has 0 aliphatic carbocycles. The van der Waals surface area contributed by atoms with Crippen molar-refractivity contribution in [1.29, 1.82) is 0 Å². The second kappa shape index (κ2) is 4.50. The fourth-order valence-corrected chi connectivity index (χ4v) is 0.565. The summed E-state index contributed by atoms with van der Waals surface area (Å²) in [7, 11) is 0. The van der Waals surface area contributed by atoms with Crippen molar-refractivity contribution in [2.45, 2.75) is 19.6 Å². The van der Waals surface area contributed by atoms with Gasteiger partial charge in [-0.05, 0) is 6.92 Å². The van der Waals surface area contributed by atoms with Crippen molar-refractivity contribution < 1.29 is 14.7 Å². The van der Waals surface area contributed by atoms with Crippen LogP contribution in [0.4, 0.5) is 0 Å². The number of aliphatic hydroxyl groups excluding tert-OH is 1. The van der Waals surface area contributed by atoms with Gasteiger partial charge in [-0.25, -0.2) is 0 Å². The van der Waals surface area contributed by atoms with Crippen molar-refractivity contribution >= 4 is 11.8 Å². The summed E-state index contributed by atoms with van der Waals surface area (Å²) in [4.78, 5) is 21.2. The maximum absolute atomic E-state index is 10.8. The van der Waals surface area contributed by atoms with E-state index in [1.807, 2.05) is 0 Å². The zero-order valence-electron chi connectivity index (χ0n) is 6.83. The normalized spacial score (nSPS) is 11.8. The predicted octanol–water partition coefficient (Wildman–Crippen LogP) is -1.13. The van der Waals surface area contributed by atoms with Crippen LogP contribution in [-0.2, 0) is 9.59 Å². The summed E-state index contributed by atoms with van der Waals surface area (Å²) < 4.78 is 0. The Labute approximate surface area is 70.2 Å². The van der Waals surface area contributed by atoms with Crippen LogP contribution in [0.1, 0.15) is 13.3 Å². The molecule has 0 radical (unpaired) electrons. The largest absolute Gasteiger partial charge is 0.374 e. The van der Waals surface area contributed by atoms with Crippen LogP contribution in [-0.4, -0.2) is 23.1 Å². The summed E-state index contributed by atoms with van der Waals surface area (Å²) in [6.45, 7) is 4.68. The second-order valence-corrected chi connectivity index (χ2v) is 2.39. The van der Waals surface area contributed by atoms with E-state index in [4.69, 9.17) is 10.8 Å². The molecule has 0 heterocycles. The van der Waals surface area contributed by atoms with Crippen LogP contribution < -0.4 is 11.1 Å². The lowest BCUT2D eigenvalue weighted by molar-refractivity contribution is -0.124. The third-order valence-electron chi connectivity index (χ3n) is 1.09. The molecule has 0 aromatic heterocycles. The molecule has 0 aromatic carbocycles. The molecule has 0 fully saturated rings. The second-order valence-electron chi connectivity index (χ2n) is 2.39. The Morgan fingerprint density at radius 3 is 2.50 bits per heavy atom. The molecule has 0 saturated heterocycles. The number of hydrogen-bond donors (Lipinski definition) is 3. The molecule has 4 N–H and O–H groups in total. The molecule has 0 saturated carbocycles. The van der Waals surface area contributed by atoms with Gasteiger partial charge >= 0.3 is 0 Å². The van der Waals surface area contributed by atoms with Crippen LogP contribution in [0.15, 0.2) is 12.2 Å². The Morgan fingerprint density at radius 2 is 2.17 bits per heavy atom. The molecule has 68 valence electrons. The molecule has 0 rings (SSSR count). The lowest BCUT2D eigenvalue weighted by Gasteiger charge is -2.06. The van der Waals surface area contributed by atoms with Gasteiger partial charge in [-0.15, -0.1) is 0 Å². The fourth-order valence-electron chi connectivity index (χ4n) is 0.565. The zero-order chi connectivity index (χ0) is 9.72. The number of rotatable bonds is 4. The average Bonchev–Trinajstić information content (AvgIpc) is 1.84.